The summed E-state index contributed by atoms with van der Waals surface area (Å²) in [7, 11) is 0. The number of hydrogen-bond acceptors (Lipinski definition) is 1. The lowest BCUT2D eigenvalue weighted by atomic mass is 10.0. The van der Waals surface area contributed by atoms with Crippen molar-refractivity contribution in [1.82, 2.24) is 0 Å². The van der Waals surface area contributed by atoms with E-state index in [1.54, 1.807) is 0 Å². The van der Waals surface area contributed by atoms with Crippen molar-refractivity contribution in [3.05, 3.63) is 63.1 Å². The number of rotatable bonds is 4. The minimum absolute atomic E-state index is 0.670. The molecule has 3 heteroatoms. The second-order valence-corrected chi connectivity index (χ2v) is 5.28. The zero-order valence-electron chi connectivity index (χ0n) is 10.1. The summed E-state index contributed by atoms with van der Waals surface area (Å²) in [6.07, 6.45) is 0.772. The summed E-state index contributed by atoms with van der Waals surface area (Å²) in [4.78, 5) is 0. The molecule has 0 fully saturated rings. The maximum absolute atomic E-state index is 6.21. The van der Waals surface area contributed by atoms with E-state index >= 15 is 0 Å². The van der Waals surface area contributed by atoms with Crippen LogP contribution in [0.4, 0.5) is 0 Å². The van der Waals surface area contributed by atoms with Crippen LogP contribution >= 0.6 is 27.5 Å². The monoisotopic (exact) mass is 324 g/mol. The van der Waals surface area contributed by atoms with Gasteiger partial charge in [0.2, 0.25) is 0 Å². The summed E-state index contributed by atoms with van der Waals surface area (Å²) in [5.41, 5.74) is 2.25. The lowest BCUT2D eigenvalue weighted by molar-refractivity contribution is 0.337. The summed E-state index contributed by atoms with van der Waals surface area (Å²) >= 11 is 9.68. The summed E-state index contributed by atoms with van der Waals surface area (Å²) in [6, 6.07) is 14.0. The second kappa shape index (κ2) is 6.26. The predicted octanol–water partition coefficient (Wildman–Crippen LogP) is 5.09. The van der Waals surface area contributed by atoms with Gasteiger partial charge in [0, 0.05) is 15.9 Å². The molecule has 0 spiro atoms. The van der Waals surface area contributed by atoms with Crippen molar-refractivity contribution >= 4 is 27.5 Å². The smallest absolute Gasteiger partial charge is 0.122 e. The molecule has 0 N–H and O–H groups in total. The standard InChI is InChI=1S/C15H14BrClO/c1-2-18-15-6-4-3-5-11(15)9-12-10-13(16)7-8-14(12)17/h3-8,10H,2,9H2,1H3. The Morgan fingerprint density at radius 3 is 2.67 bits per heavy atom. The van der Waals surface area contributed by atoms with Gasteiger partial charge in [-0.05, 0) is 42.3 Å². The van der Waals surface area contributed by atoms with Crippen LogP contribution in [0.25, 0.3) is 0 Å². The Bertz CT molecular complexity index is 540. The van der Waals surface area contributed by atoms with Gasteiger partial charge in [-0.25, -0.2) is 0 Å². The molecule has 2 aromatic carbocycles. The highest BCUT2D eigenvalue weighted by molar-refractivity contribution is 9.10. The highest BCUT2D eigenvalue weighted by atomic mass is 79.9. The maximum Gasteiger partial charge on any atom is 0.122 e. The molecule has 0 heterocycles. The van der Waals surface area contributed by atoms with Crippen molar-refractivity contribution in [2.24, 2.45) is 0 Å². The first-order valence-corrected chi connectivity index (χ1v) is 7.02. The molecule has 0 bridgehead atoms. The molecular weight excluding hydrogens is 312 g/mol. The van der Waals surface area contributed by atoms with Gasteiger partial charge < -0.3 is 4.74 Å². The van der Waals surface area contributed by atoms with Crippen molar-refractivity contribution in [3.63, 3.8) is 0 Å². The van der Waals surface area contributed by atoms with Gasteiger partial charge in [-0.15, -0.1) is 0 Å². The van der Waals surface area contributed by atoms with E-state index < -0.39 is 0 Å². The van der Waals surface area contributed by atoms with Gasteiger partial charge >= 0.3 is 0 Å². The Labute approximate surface area is 121 Å². The van der Waals surface area contributed by atoms with Gasteiger partial charge in [-0.2, -0.15) is 0 Å². The molecule has 2 rings (SSSR count). The third kappa shape index (κ3) is 3.27. The molecule has 0 radical (unpaired) electrons. The van der Waals surface area contributed by atoms with Gasteiger partial charge in [0.25, 0.3) is 0 Å². The third-order valence-corrected chi connectivity index (χ3v) is 3.52. The van der Waals surface area contributed by atoms with Crippen LogP contribution in [0.5, 0.6) is 5.75 Å². The summed E-state index contributed by atoms with van der Waals surface area (Å²) in [5, 5.41) is 0.782. The number of para-hydroxylation sites is 1. The van der Waals surface area contributed by atoms with E-state index in [-0.39, 0.29) is 0 Å². The van der Waals surface area contributed by atoms with E-state index in [2.05, 4.69) is 22.0 Å². The minimum atomic E-state index is 0.670. The molecule has 0 atom stereocenters. The number of hydrogen-bond donors (Lipinski definition) is 0. The first kappa shape index (κ1) is 13.4. The SMILES string of the molecule is CCOc1ccccc1Cc1cc(Br)ccc1Cl. The van der Waals surface area contributed by atoms with Gasteiger partial charge in [0.15, 0.2) is 0 Å². The summed E-state index contributed by atoms with van der Waals surface area (Å²) in [6.45, 7) is 2.66. The van der Waals surface area contributed by atoms with E-state index in [1.165, 1.54) is 0 Å². The van der Waals surface area contributed by atoms with Crippen LogP contribution < -0.4 is 4.74 Å². The van der Waals surface area contributed by atoms with Crippen LogP contribution in [0.3, 0.4) is 0 Å². The normalized spacial score (nSPS) is 10.4. The molecule has 0 saturated heterocycles. The Balaban J connectivity index is 2.30. The molecule has 0 saturated carbocycles. The Morgan fingerprint density at radius 1 is 1.11 bits per heavy atom. The molecule has 0 unspecified atom stereocenters. The zero-order valence-corrected chi connectivity index (χ0v) is 12.5. The van der Waals surface area contributed by atoms with E-state index in [9.17, 15) is 0 Å². The molecule has 0 aliphatic carbocycles. The predicted molar refractivity (Wildman–Crippen MR) is 79.6 cm³/mol. The van der Waals surface area contributed by atoms with Gasteiger partial charge in [0.05, 0.1) is 6.61 Å². The molecule has 0 aromatic heterocycles. The quantitative estimate of drug-likeness (QED) is 0.760. The molecule has 2 aromatic rings. The van der Waals surface area contributed by atoms with Crippen molar-refractivity contribution in [2.75, 3.05) is 6.61 Å². The molecule has 18 heavy (non-hydrogen) atoms. The van der Waals surface area contributed by atoms with Crippen LogP contribution in [0, 0.1) is 0 Å². The van der Waals surface area contributed by atoms with Gasteiger partial charge in [0.1, 0.15) is 5.75 Å². The summed E-state index contributed by atoms with van der Waals surface area (Å²) < 4.78 is 6.66. The molecule has 94 valence electrons. The Kier molecular flexibility index (Phi) is 4.67. The van der Waals surface area contributed by atoms with Crippen molar-refractivity contribution < 1.29 is 4.74 Å². The van der Waals surface area contributed by atoms with Crippen molar-refractivity contribution in [2.45, 2.75) is 13.3 Å². The third-order valence-electron chi connectivity index (χ3n) is 2.66. The molecule has 0 aliphatic heterocycles. The second-order valence-electron chi connectivity index (χ2n) is 3.95. The fourth-order valence-corrected chi connectivity index (χ4v) is 2.42. The fraction of sp³-hybridized carbons (Fsp3) is 0.200. The number of benzene rings is 2. The van der Waals surface area contributed by atoms with Gasteiger partial charge in [-0.1, -0.05) is 45.7 Å². The summed E-state index contributed by atoms with van der Waals surface area (Å²) in [5.74, 6) is 0.927. The van der Waals surface area contributed by atoms with E-state index in [4.69, 9.17) is 16.3 Å². The number of halogens is 2. The lowest BCUT2D eigenvalue weighted by Gasteiger charge is -2.11. The topological polar surface area (TPSA) is 9.23 Å². The van der Waals surface area contributed by atoms with Gasteiger partial charge in [-0.3, -0.25) is 0 Å². The highest BCUT2D eigenvalue weighted by Gasteiger charge is 2.07. The Morgan fingerprint density at radius 2 is 1.89 bits per heavy atom. The van der Waals surface area contributed by atoms with Crippen LogP contribution in [0.2, 0.25) is 5.02 Å². The van der Waals surface area contributed by atoms with Crippen molar-refractivity contribution in [3.8, 4) is 5.75 Å². The minimum Gasteiger partial charge on any atom is -0.494 e. The highest BCUT2D eigenvalue weighted by Crippen LogP contribution is 2.27. The van der Waals surface area contributed by atoms with Crippen LogP contribution in [-0.4, -0.2) is 6.61 Å². The molecule has 0 amide bonds. The number of ether oxygens (including phenoxy) is 1. The first-order valence-electron chi connectivity index (χ1n) is 5.85. The van der Waals surface area contributed by atoms with E-state index in [1.807, 2.05) is 43.3 Å². The molecule has 1 nitrogen and oxygen atoms in total. The zero-order chi connectivity index (χ0) is 13.0. The van der Waals surface area contributed by atoms with E-state index in [0.717, 1.165) is 32.8 Å². The maximum atomic E-state index is 6.21. The average Bonchev–Trinajstić information content (AvgIpc) is 2.36. The first-order chi connectivity index (χ1) is 8.70. The fourth-order valence-electron chi connectivity index (χ4n) is 1.83. The lowest BCUT2D eigenvalue weighted by Crippen LogP contribution is -1.97. The van der Waals surface area contributed by atoms with Crippen LogP contribution in [-0.2, 0) is 6.42 Å². The van der Waals surface area contributed by atoms with Crippen LogP contribution in [0.15, 0.2) is 46.9 Å². The van der Waals surface area contributed by atoms with E-state index in [0.29, 0.717) is 6.61 Å². The van der Waals surface area contributed by atoms with Crippen LogP contribution in [0.1, 0.15) is 18.1 Å². The Hall–Kier alpha value is -0.990. The molecule has 0 aliphatic rings. The molecular formula is C15H14BrClO. The van der Waals surface area contributed by atoms with Crippen molar-refractivity contribution in [1.29, 1.82) is 0 Å². The largest absolute Gasteiger partial charge is 0.494 e. The average molecular weight is 326 g/mol.